The molecule has 0 aliphatic heterocycles. The smallest absolute Gasteiger partial charge is 0.277 e. The Morgan fingerprint density at radius 3 is 2.90 bits per heavy atom. The molecule has 0 aliphatic carbocycles. The highest BCUT2D eigenvalue weighted by Crippen LogP contribution is 2.25. The number of hydrogen-bond donors (Lipinski definition) is 1. The van der Waals surface area contributed by atoms with Crippen LogP contribution in [0.1, 0.15) is 10.5 Å². The van der Waals surface area contributed by atoms with Crippen LogP contribution in [0.4, 0.5) is 10.1 Å². The fourth-order valence-corrected chi connectivity index (χ4v) is 2.35. The van der Waals surface area contributed by atoms with Crippen LogP contribution in [-0.2, 0) is 0 Å². The first-order valence-electron chi connectivity index (χ1n) is 5.80. The van der Waals surface area contributed by atoms with Crippen LogP contribution in [0, 0.1) is 5.82 Å². The molecule has 0 aliphatic rings. The number of nitrogens with zero attached hydrogens (tertiary/aromatic N) is 1. The number of carbonyl (C=O) groups is 1. The van der Waals surface area contributed by atoms with Gasteiger partial charge in [-0.25, -0.2) is 4.39 Å². The van der Waals surface area contributed by atoms with Gasteiger partial charge < -0.3 is 9.84 Å². The number of thiophene rings is 1. The monoisotopic (exact) mass is 288 g/mol. The van der Waals surface area contributed by atoms with E-state index in [1.807, 2.05) is 17.5 Å². The quantitative estimate of drug-likeness (QED) is 0.797. The molecule has 1 aromatic carbocycles. The number of rotatable bonds is 3. The van der Waals surface area contributed by atoms with Gasteiger partial charge in [0.2, 0.25) is 0 Å². The number of carbonyl (C=O) groups excluding carboxylic acids is 1. The van der Waals surface area contributed by atoms with Crippen molar-refractivity contribution in [1.82, 2.24) is 5.16 Å². The second kappa shape index (κ2) is 5.26. The van der Waals surface area contributed by atoms with Crippen molar-refractivity contribution >= 4 is 22.9 Å². The summed E-state index contributed by atoms with van der Waals surface area (Å²) >= 11 is 1.49. The molecule has 0 unspecified atom stereocenters. The van der Waals surface area contributed by atoms with Crippen molar-refractivity contribution < 1.29 is 13.7 Å². The van der Waals surface area contributed by atoms with Crippen LogP contribution in [0.3, 0.4) is 0 Å². The topological polar surface area (TPSA) is 55.1 Å². The number of aromatic nitrogens is 1. The predicted octanol–water partition coefficient (Wildman–Crippen LogP) is 3.79. The maximum Gasteiger partial charge on any atom is 0.277 e. The molecule has 0 spiro atoms. The highest BCUT2D eigenvalue weighted by molar-refractivity contribution is 7.13. The molecule has 0 saturated carbocycles. The zero-order chi connectivity index (χ0) is 13.9. The molecule has 0 fully saturated rings. The summed E-state index contributed by atoms with van der Waals surface area (Å²) in [6, 6.07) is 11.0. The Morgan fingerprint density at radius 2 is 2.15 bits per heavy atom. The van der Waals surface area contributed by atoms with Crippen LogP contribution < -0.4 is 5.32 Å². The van der Waals surface area contributed by atoms with Crippen molar-refractivity contribution in [3.8, 4) is 10.6 Å². The summed E-state index contributed by atoms with van der Waals surface area (Å²) in [5.74, 6) is -0.325. The van der Waals surface area contributed by atoms with Crippen LogP contribution in [0.25, 0.3) is 10.6 Å². The third kappa shape index (κ3) is 2.60. The van der Waals surface area contributed by atoms with Crippen LogP contribution in [-0.4, -0.2) is 11.1 Å². The van der Waals surface area contributed by atoms with E-state index in [2.05, 4.69) is 10.5 Å². The van der Waals surface area contributed by atoms with Gasteiger partial charge in [-0.05, 0) is 29.6 Å². The number of anilines is 1. The molecule has 4 nitrogen and oxygen atoms in total. The van der Waals surface area contributed by atoms with Gasteiger partial charge in [0.1, 0.15) is 5.82 Å². The molecule has 3 rings (SSSR count). The predicted molar refractivity (Wildman–Crippen MR) is 74.2 cm³/mol. The van der Waals surface area contributed by atoms with Crippen LogP contribution >= 0.6 is 11.3 Å². The Balaban J connectivity index is 1.78. The Hall–Kier alpha value is -2.47. The van der Waals surface area contributed by atoms with Crippen LogP contribution in [0.15, 0.2) is 52.4 Å². The van der Waals surface area contributed by atoms with Gasteiger partial charge in [0.05, 0.1) is 4.88 Å². The molecule has 2 heterocycles. The second-order valence-electron chi connectivity index (χ2n) is 4.02. The lowest BCUT2D eigenvalue weighted by molar-refractivity contribution is 0.101. The maximum atomic E-state index is 13.0. The summed E-state index contributed by atoms with van der Waals surface area (Å²) in [5.41, 5.74) is 0.522. The van der Waals surface area contributed by atoms with E-state index in [4.69, 9.17) is 4.52 Å². The lowest BCUT2D eigenvalue weighted by atomic mass is 10.3. The zero-order valence-corrected chi connectivity index (χ0v) is 11.0. The largest absolute Gasteiger partial charge is 0.355 e. The van der Waals surface area contributed by atoms with E-state index in [1.165, 1.54) is 29.5 Å². The molecule has 2 aromatic heterocycles. The highest BCUT2D eigenvalue weighted by atomic mass is 32.1. The maximum absolute atomic E-state index is 13.0. The van der Waals surface area contributed by atoms with Crippen molar-refractivity contribution in [2.75, 3.05) is 5.32 Å². The van der Waals surface area contributed by atoms with E-state index >= 15 is 0 Å². The van der Waals surface area contributed by atoms with Crippen molar-refractivity contribution in [1.29, 1.82) is 0 Å². The standard InChI is InChI=1S/C14H9FN2O2S/c15-9-3-1-4-10(7-9)16-14(18)11-8-12(19-17-11)13-5-2-6-20-13/h1-8H,(H,16,18). The van der Waals surface area contributed by atoms with E-state index in [-0.39, 0.29) is 5.69 Å². The van der Waals surface area contributed by atoms with E-state index in [1.54, 1.807) is 12.1 Å². The van der Waals surface area contributed by atoms with E-state index in [0.29, 0.717) is 11.4 Å². The van der Waals surface area contributed by atoms with E-state index in [9.17, 15) is 9.18 Å². The van der Waals surface area contributed by atoms with Crippen molar-refractivity contribution in [2.45, 2.75) is 0 Å². The first kappa shape index (κ1) is 12.6. The third-order valence-electron chi connectivity index (χ3n) is 2.59. The first-order valence-corrected chi connectivity index (χ1v) is 6.68. The second-order valence-corrected chi connectivity index (χ2v) is 4.97. The number of benzene rings is 1. The first-order chi connectivity index (χ1) is 9.72. The normalized spacial score (nSPS) is 10.4. The minimum Gasteiger partial charge on any atom is -0.355 e. The van der Waals surface area contributed by atoms with Gasteiger partial charge in [0, 0.05) is 11.8 Å². The van der Waals surface area contributed by atoms with Gasteiger partial charge in [0.15, 0.2) is 11.5 Å². The number of amides is 1. The van der Waals surface area contributed by atoms with Crippen molar-refractivity contribution in [2.24, 2.45) is 0 Å². The lowest BCUT2D eigenvalue weighted by Crippen LogP contribution is -2.12. The Labute approximate surface area is 117 Å². The average Bonchev–Trinajstić information content (AvgIpc) is 3.10. The van der Waals surface area contributed by atoms with Crippen LogP contribution in [0.5, 0.6) is 0 Å². The fraction of sp³-hybridized carbons (Fsp3) is 0. The molecule has 0 bridgehead atoms. The summed E-state index contributed by atoms with van der Waals surface area (Å²) in [6.45, 7) is 0. The molecule has 100 valence electrons. The van der Waals surface area contributed by atoms with Gasteiger partial charge in [-0.1, -0.05) is 17.3 Å². The minimum absolute atomic E-state index is 0.151. The highest BCUT2D eigenvalue weighted by Gasteiger charge is 2.14. The summed E-state index contributed by atoms with van der Waals surface area (Å²) in [7, 11) is 0. The van der Waals surface area contributed by atoms with Gasteiger partial charge in [-0.15, -0.1) is 11.3 Å². The molecule has 0 radical (unpaired) electrons. The molecule has 6 heteroatoms. The minimum atomic E-state index is -0.442. The Bertz CT molecular complexity index is 737. The van der Waals surface area contributed by atoms with Crippen molar-refractivity contribution in [3.05, 3.63) is 59.4 Å². The van der Waals surface area contributed by atoms with Crippen molar-refractivity contribution in [3.63, 3.8) is 0 Å². The molecule has 0 saturated heterocycles. The number of nitrogens with one attached hydrogen (secondary N) is 1. The average molecular weight is 288 g/mol. The van der Waals surface area contributed by atoms with Gasteiger partial charge >= 0.3 is 0 Å². The SMILES string of the molecule is O=C(Nc1cccc(F)c1)c1cc(-c2cccs2)on1. The molecular formula is C14H9FN2O2S. The molecule has 1 N–H and O–H groups in total. The van der Waals surface area contributed by atoms with Gasteiger partial charge in [0.25, 0.3) is 5.91 Å². The molecule has 3 aromatic rings. The summed E-state index contributed by atoms with van der Waals surface area (Å²) in [6.07, 6.45) is 0. The summed E-state index contributed by atoms with van der Waals surface area (Å²) in [5, 5.41) is 8.18. The lowest BCUT2D eigenvalue weighted by Gasteiger charge is -2.01. The zero-order valence-electron chi connectivity index (χ0n) is 10.2. The van der Waals surface area contributed by atoms with E-state index < -0.39 is 11.7 Å². The Morgan fingerprint density at radius 1 is 1.25 bits per heavy atom. The molecule has 1 amide bonds. The Kier molecular flexibility index (Phi) is 3.30. The molecule has 0 atom stereocenters. The van der Waals surface area contributed by atoms with Gasteiger partial charge in [-0.3, -0.25) is 4.79 Å². The number of hydrogen-bond acceptors (Lipinski definition) is 4. The summed E-state index contributed by atoms with van der Waals surface area (Å²) < 4.78 is 18.1. The third-order valence-corrected chi connectivity index (χ3v) is 3.47. The summed E-state index contributed by atoms with van der Waals surface area (Å²) in [4.78, 5) is 12.8. The number of halogens is 1. The van der Waals surface area contributed by atoms with Crippen LogP contribution in [0.2, 0.25) is 0 Å². The fourth-order valence-electron chi connectivity index (χ4n) is 1.68. The molecule has 20 heavy (non-hydrogen) atoms. The van der Waals surface area contributed by atoms with E-state index in [0.717, 1.165) is 4.88 Å². The molecular weight excluding hydrogens is 279 g/mol. The van der Waals surface area contributed by atoms with Gasteiger partial charge in [-0.2, -0.15) is 0 Å².